The second kappa shape index (κ2) is 12.0. The molecule has 40 heavy (non-hydrogen) atoms. The number of ether oxygens (including phenoxy) is 1. The number of fused-ring (bicyclic) bond motifs is 1. The van der Waals surface area contributed by atoms with Gasteiger partial charge in [0.1, 0.15) is 5.60 Å². The van der Waals surface area contributed by atoms with Crippen LogP contribution in [0.3, 0.4) is 0 Å². The Kier molecular flexibility index (Phi) is 9.47. The lowest BCUT2D eigenvalue weighted by Gasteiger charge is -2.34. The second-order valence-corrected chi connectivity index (χ2v) is 13.7. The van der Waals surface area contributed by atoms with Gasteiger partial charge < -0.3 is 15.4 Å². The zero-order valence-electron chi connectivity index (χ0n) is 24.9. The number of piperidine rings is 1. The number of ketones is 3. The van der Waals surface area contributed by atoms with Crippen LogP contribution in [0, 0.1) is 35.0 Å². The van der Waals surface area contributed by atoms with E-state index in [0.29, 0.717) is 18.5 Å². The molecule has 0 bridgehead atoms. The number of hydrogen-bond donors (Lipinski definition) is 1. The van der Waals surface area contributed by atoms with E-state index in [1.54, 1.807) is 32.6 Å². The van der Waals surface area contributed by atoms with E-state index < -0.39 is 41.1 Å². The molecule has 3 aliphatic rings. The first-order valence-electron chi connectivity index (χ1n) is 14.5. The van der Waals surface area contributed by atoms with E-state index >= 15 is 0 Å². The third kappa shape index (κ3) is 7.26. The van der Waals surface area contributed by atoms with Crippen molar-refractivity contribution in [3.63, 3.8) is 0 Å². The van der Waals surface area contributed by atoms with Gasteiger partial charge in [0.2, 0.25) is 11.7 Å². The number of primary amides is 1. The maximum atomic E-state index is 14.0. The highest BCUT2D eigenvalue weighted by molar-refractivity contribution is 6.36. The molecule has 0 radical (unpaired) electrons. The molecule has 9 nitrogen and oxygen atoms in total. The molecule has 0 aromatic heterocycles. The summed E-state index contributed by atoms with van der Waals surface area (Å²) in [7, 11) is 0. The number of hydrogen-bond acceptors (Lipinski definition) is 7. The summed E-state index contributed by atoms with van der Waals surface area (Å²) in [6.07, 6.45) is 3.24. The number of rotatable bonds is 14. The lowest BCUT2D eigenvalue weighted by molar-refractivity contribution is -0.159. The van der Waals surface area contributed by atoms with E-state index in [1.165, 1.54) is 0 Å². The average molecular weight is 559 g/mol. The minimum absolute atomic E-state index is 0.0515. The number of allylic oxidation sites excluding steroid dienone is 1. The van der Waals surface area contributed by atoms with Gasteiger partial charge >= 0.3 is 5.97 Å². The standard InChI is InChI=1S/C31H46N2O7/c1-17(2)22(34)12-11-19(15-24(36)40-30(3,4)5)29(39)33-16-21-25(31(21,6)7)26(33)23(35)14-20(27(37)28(32)38)13-18-9-8-10-18/h18-21,25-26H,1,8-16H2,2-7H3,(H2,32,38)/t19-,20?,21?,25+,26-/m1/s1. The van der Waals surface area contributed by atoms with Crippen LogP contribution in [0.25, 0.3) is 0 Å². The van der Waals surface area contributed by atoms with Crippen molar-refractivity contribution in [2.24, 2.45) is 40.7 Å². The molecule has 9 heteroatoms. The van der Waals surface area contributed by atoms with Crippen LogP contribution in [0.4, 0.5) is 0 Å². The number of likely N-dealkylation sites (tertiary alicyclic amines) is 1. The maximum absolute atomic E-state index is 14.0. The zero-order valence-corrected chi connectivity index (χ0v) is 24.9. The lowest BCUT2D eigenvalue weighted by Crippen LogP contribution is -2.49. The summed E-state index contributed by atoms with van der Waals surface area (Å²) >= 11 is 0. The van der Waals surface area contributed by atoms with Crippen molar-refractivity contribution in [2.45, 2.75) is 105 Å². The topological polar surface area (TPSA) is 141 Å². The van der Waals surface area contributed by atoms with Gasteiger partial charge in [0.15, 0.2) is 11.6 Å². The smallest absolute Gasteiger partial charge is 0.307 e. The second-order valence-electron chi connectivity index (χ2n) is 13.7. The summed E-state index contributed by atoms with van der Waals surface area (Å²) < 4.78 is 5.47. The molecule has 222 valence electrons. The fourth-order valence-electron chi connectivity index (χ4n) is 6.51. The number of carbonyl (C=O) groups excluding carboxylic acids is 6. The van der Waals surface area contributed by atoms with Gasteiger partial charge in [-0.2, -0.15) is 0 Å². The Morgan fingerprint density at radius 1 is 1.05 bits per heavy atom. The van der Waals surface area contributed by atoms with Crippen molar-refractivity contribution in [2.75, 3.05) is 6.54 Å². The normalized spacial score (nSPS) is 24.8. The highest BCUT2D eigenvalue weighted by atomic mass is 16.6. The van der Waals surface area contributed by atoms with Crippen molar-refractivity contribution in [3.05, 3.63) is 12.2 Å². The third-order valence-corrected chi connectivity index (χ3v) is 9.10. The van der Waals surface area contributed by atoms with Gasteiger partial charge in [0.05, 0.1) is 12.5 Å². The first kappa shape index (κ1) is 31.7. The number of amides is 2. The summed E-state index contributed by atoms with van der Waals surface area (Å²) in [5.74, 6) is -4.43. The highest BCUT2D eigenvalue weighted by Crippen LogP contribution is 2.65. The van der Waals surface area contributed by atoms with E-state index in [9.17, 15) is 28.8 Å². The Hall–Kier alpha value is -2.84. The number of carbonyl (C=O) groups is 6. The molecule has 2 aliphatic carbocycles. The molecular weight excluding hydrogens is 512 g/mol. The molecule has 1 aliphatic heterocycles. The van der Waals surface area contributed by atoms with Crippen LogP contribution >= 0.6 is 0 Å². The largest absolute Gasteiger partial charge is 0.460 e. The molecule has 0 aromatic carbocycles. The van der Waals surface area contributed by atoms with E-state index in [1.807, 2.05) is 0 Å². The van der Waals surface area contributed by atoms with Gasteiger partial charge in [-0.05, 0) is 69.3 Å². The van der Waals surface area contributed by atoms with Crippen LogP contribution in [-0.4, -0.2) is 58.2 Å². The summed E-state index contributed by atoms with van der Waals surface area (Å²) in [6, 6.07) is -0.755. The van der Waals surface area contributed by atoms with Crippen molar-refractivity contribution in [1.82, 2.24) is 4.90 Å². The summed E-state index contributed by atoms with van der Waals surface area (Å²) in [5, 5.41) is 0. The van der Waals surface area contributed by atoms with E-state index in [0.717, 1.165) is 19.3 Å². The quantitative estimate of drug-likeness (QED) is 0.195. The molecule has 2 N–H and O–H groups in total. The molecule has 2 amide bonds. The van der Waals surface area contributed by atoms with Crippen molar-refractivity contribution in [3.8, 4) is 0 Å². The van der Waals surface area contributed by atoms with Gasteiger partial charge in [-0.25, -0.2) is 0 Å². The Morgan fingerprint density at radius 2 is 1.68 bits per heavy atom. The molecule has 0 aromatic rings. The third-order valence-electron chi connectivity index (χ3n) is 9.10. The van der Waals surface area contributed by atoms with Gasteiger partial charge in [-0.1, -0.05) is 39.7 Å². The average Bonchev–Trinajstić information content (AvgIpc) is 3.14. The molecule has 1 heterocycles. The zero-order chi connectivity index (χ0) is 30.2. The predicted molar refractivity (Wildman–Crippen MR) is 149 cm³/mol. The molecule has 3 fully saturated rings. The van der Waals surface area contributed by atoms with Crippen LogP contribution in [0.2, 0.25) is 0 Å². The van der Waals surface area contributed by atoms with Crippen LogP contribution in [0.5, 0.6) is 0 Å². The van der Waals surface area contributed by atoms with Crippen molar-refractivity contribution in [1.29, 1.82) is 0 Å². The molecule has 2 saturated carbocycles. The molecule has 5 atom stereocenters. The van der Waals surface area contributed by atoms with Crippen LogP contribution in [-0.2, 0) is 33.5 Å². The lowest BCUT2D eigenvalue weighted by atomic mass is 9.76. The first-order valence-corrected chi connectivity index (χ1v) is 14.5. The Morgan fingerprint density at radius 3 is 2.17 bits per heavy atom. The fourth-order valence-corrected chi connectivity index (χ4v) is 6.51. The predicted octanol–water partition coefficient (Wildman–Crippen LogP) is 3.56. The fraction of sp³-hybridized carbons (Fsp3) is 0.742. The number of Topliss-reactive ketones (excluding diaryl/α,β-unsaturated/α-hetero) is 3. The number of esters is 1. The van der Waals surface area contributed by atoms with Gasteiger partial charge in [-0.15, -0.1) is 0 Å². The Bertz CT molecular complexity index is 1080. The van der Waals surface area contributed by atoms with Crippen LogP contribution < -0.4 is 5.73 Å². The van der Waals surface area contributed by atoms with E-state index in [-0.39, 0.29) is 66.3 Å². The Labute approximate surface area is 237 Å². The van der Waals surface area contributed by atoms with Crippen LogP contribution in [0.15, 0.2) is 12.2 Å². The first-order chi connectivity index (χ1) is 18.4. The SMILES string of the molecule is C=C(C)C(=O)CC[C@H](CC(=O)OC(C)(C)C)C(=O)N1CC2[C@@H]([C@H]1C(=O)CC(CC1CCC1)C(=O)C(N)=O)C2(C)C. The molecule has 3 rings (SSSR count). The molecular formula is C31H46N2O7. The van der Waals surface area contributed by atoms with Gasteiger partial charge in [0.25, 0.3) is 5.91 Å². The molecule has 2 unspecified atom stereocenters. The molecule has 1 saturated heterocycles. The monoisotopic (exact) mass is 558 g/mol. The van der Waals surface area contributed by atoms with Crippen LogP contribution in [0.1, 0.15) is 92.9 Å². The summed E-state index contributed by atoms with van der Waals surface area (Å²) in [5.41, 5.74) is 4.81. The number of nitrogens with two attached hydrogens (primary N) is 1. The van der Waals surface area contributed by atoms with E-state index in [4.69, 9.17) is 10.5 Å². The van der Waals surface area contributed by atoms with Crippen molar-refractivity contribution < 1.29 is 33.5 Å². The van der Waals surface area contributed by atoms with Gasteiger partial charge in [-0.3, -0.25) is 28.8 Å². The summed E-state index contributed by atoms with van der Waals surface area (Å²) in [4.78, 5) is 78.8. The number of nitrogens with zero attached hydrogens (tertiary/aromatic N) is 1. The van der Waals surface area contributed by atoms with E-state index in [2.05, 4.69) is 20.4 Å². The molecule has 0 spiro atoms. The minimum atomic E-state index is -1.04. The summed E-state index contributed by atoms with van der Waals surface area (Å²) in [6.45, 7) is 15.0. The Balaban J connectivity index is 1.83. The van der Waals surface area contributed by atoms with Gasteiger partial charge in [0, 0.05) is 31.2 Å². The van der Waals surface area contributed by atoms with Crippen molar-refractivity contribution >= 4 is 35.1 Å². The highest BCUT2D eigenvalue weighted by Gasteiger charge is 2.69. The maximum Gasteiger partial charge on any atom is 0.307 e. The minimum Gasteiger partial charge on any atom is -0.460 e.